The maximum absolute atomic E-state index is 13.2. The summed E-state index contributed by atoms with van der Waals surface area (Å²) in [7, 11) is 0. The molecule has 0 radical (unpaired) electrons. The Kier molecular flexibility index (Phi) is 3.89. The smallest absolute Gasteiger partial charge is 0.339 e. The molecule has 2 aliphatic rings. The van der Waals surface area contributed by atoms with Gasteiger partial charge in [-0.3, -0.25) is 4.98 Å². The van der Waals surface area contributed by atoms with Crippen LogP contribution in [0.4, 0.5) is 4.39 Å². The first-order valence-electron chi connectivity index (χ1n) is 10.3. The first-order valence-corrected chi connectivity index (χ1v) is 10.3. The largest absolute Gasteiger partial charge is 0.450 e. The number of aromatic nitrogens is 5. The number of esters is 1. The van der Waals surface area contributed by atoms with Gasteiger partial charge in [-0.05, 0) is 56.0 Å². The Morgan fingerprint density at radius 3 is 2.68 bits per heavy atom. The average molecular weight is 415 g/mol. The second-order valence-corrected chi connectivity index (χ2v) is 8.14. The van der Waals surface area contributed by atoms with Gasteiger partial charge in [0, 0.05) is 29.4 Å². The summed E-state index contributed by atoms with van der Waals surface area (Å²) >= 11 is 0. The van der Waals surface area contributed by atoms with E-state index in [4.69, 9.17) is 9.72 Å². The van der Waals surface area contributed by atoms with Crippen LogP contribution >= 0.6 is 0 Å². The van der Waals surface area contributed by atoms with Gasteiger partial charge in [0.1, 0.15) is 17.2 Å². The normalized spacial score (nSPS) is 22.6. The minimum atomic E-state index is -0.574. The zero-order chi connectivity index (χ0) is 21.0. The predicted molar refractivity (Wildman–Crippen MR) is 110 cm³/mol. The lowest BCUT2D eigenvalue weighted by Gasteiger charge is -2.35. The van der Waals surface area contributed by atoms with Crippen molar-refractivity contribution in [2.75, 3.05) is 0 Å². The molecule has 1 aliphatic heterocycles. The predicted octanol–water partition coefficient (Wildman–Crippen LogP) is 4.28. The van der Waals surface area contributed by atoms with Crippen LogP contribution < -0.4 is 0 Å². The molecular formula is C23H18FN5O2. The molecule has 0 atom stereocenters. The SMILES string of the molecule is O=C1O[C@]2(CC[C@H](c3nc4nc(-c5ccc(F)cc5)cnc4[nH]3)CC2)c2cnccc21. The van der Waals surface area contributed by atoms with Crippen molar-refractivity contribution in [3.8, 4) is 11.3 Å². The van der Waals surface area contributed by atoms with E-state index in [9.17, 15) is 9.18 Å². The zero-order valence-corrected chi connectivity index (χ0v) is 16.5. The van der Waals surface area contributed by atoms with Gasteiger partial charge in [-0.2, -0.15) is 0 Å². The Balaban J connectivity index is 1.25. The number of carbonyl (C=O) groups excluding carboxylic acids is 1. The molecule has 0 saturated heterocycles. The topological polar surface area (TPSA) is 93.6 Å². The van der Waals surface area contributed by atoms with Gasteiger partial charge < -0.3 is 9.72 Å². The van der Waals surface area contributed by atoms with Gasteiger partial charge in [0.15, 0.2) is 11.3 Å². The molecule has 7 nitrogen and oxygen atoms in total. The molecule has 4 heterocycles. The Hall–Kier alpha value is -3.68. The van der Waals surface area contributed by atoms with Crippen molar-refractivity contribution in [1.82, 2.24) is 24.9 Å². The lowest BCUT2D eigenvalue weighted by atomic mass is 9.75. The van der Waals surface area contributed by atoms with Crippen molar-refractivity contribution in [3.05, 3.63) is 71.7 Å². The van der Waals surface area contributed by atoms with E-state index in [1.54, 1.807) is 36.8 Å². The summed E-state index contributed by atoms with van der Waals surface area (Å²) in [5, 5.41) is 0. The highest BCUT2D eigenvalue weighted by Gasteiger charge is 2.48. The van der Waals surface area contributed by atoms with E-state index in [2.05, 4.69) is 19.9 Å². The third-order valence-corrected chi connectivity index (χ3v) is 6.37. The first kappa shape index (κ1) is 18.1. The van der Waals surface area contributed by atoms with Gasteiger partial charge in [-0.25, -0.2) is 24.1 Å². The van der Waals surface area contributed by atoms with E-state index >= 15 is 0 Å². The number of hydrogen-bond donors (Lipinski definition) is 1. The van der Waals surface area contributed by atoms with Crippen LogP contribution in [0.15, 0.2) is 48.9 Å². The van der Waals surface area contributed by atoms with Gasteiger partial charge in [-0.15, -0.1) is 0 Å². The number of nitrogens with zero attached hydrogens (tertiary/aromatic N) is 4. The molecule has 0 amide bonds. The number of carbonyl (C=O) groups is 1. The second kappa shape index (κ2) is 6.66. The number of ether oxygens (including phenoxy) is 1. The number of halogens is 1. The van der Waals surface area contributed by atoms with Gasteiger partial charge in [0.25, 0.3) is 0 Å². The lowest BCUT2D eigenvalue weighted by molar-refractivity contribution is -0.0313. The van der Waals surface area contributed by atoms with Crippen LogP contribution in [0.5, 0.6) is 0 Å². The second-order valence-electron chi connectivity index (χ2n) is 8.14. The van der Waals surface area contributed by atoms with Crippen LogP contribution in [0.3, 0.4) is 0 Å². The Morgan fingerprint density at radius 1 is 1.06 bits per heavy atom. The van der Waals surface area contributed by atoms with Crippen LogP contribution in [-0.2, 0) is 10.3 Å². The average Bonchev–Trinajstić information content (AvgIpc) is 3.34. The summed E-state index contributed by atoms with van der Waals surface area (Å²) in [5.74, 6) is 0.495. The zero-order valence-electron chi connectivity index (χ0n) is 16.5. The number of imidazole rings is 1. The summed E-state index contributed by atoms with van der Waals surface area (Å²) < 4.78 is 19.0. The summed E-state index contributed by atoms with van der Waals surface area (Å²) in [5.41, 5.74) is 3.55. The molecule has 0 unspecified atom stereocenters. The molecule has 1 aliphatic carbocycles. The van der Waals surface area contributed by atoms with Gasteiger partial charge >= 0.3 is 5.97 Å². The minimum Gasteiger partial charge on any atom is -0.450 e. The number of nitrogens with one attached hydrogen (secondary N) is 1. The van der Waals surface area contributed by atoms with Gasteiger partial charge in [0.2, 0.25) is 0 Å². The van der Waals surface area contributed by atoms with Crippen LogP contribution in [0.25, 0.3) is 22.6 Å². The maximum atomic E-state index is 13.2. The van der Waals surface area contributed by atoms with E-state index in [1.807, 2.05) is 0 Å². The summed E-state index contributed by atoms with van der Waals surface area (Å²) in [4.78, 5) is 33.5. The van der Waals surface area contributed by atoms with E-state index in [-0.39, 0.29) is 17.7 Å². The fraction of sp³-hybridized carbons (Fsp3) is 0.261. The van der Waals surface area contributed by atoms with Crippen LogP contribution in [0.1, 0.15) is 53.3 Å². The quantitative estimate of drug-likeness (QED) is 0.491. The van der Waals surface area contributed by atoms with E-state index in [0.717, 1.165) is 42.6 Å². The highest BCUT2D eigenvalue weighted by Crippen LogP contribution is 2.49. The van der Waals surface area contributed by atoms with Crippen molar-refractivity contribution in [3.63, 3.8) is 0 Å². The fourth-order valence-electron chi connectivity index (χ4n) is 4.71. The van der Waals surface area contributed by atoms with Crippen LogP contribution in [0, 0.1) is 5.82 Å². The van der Waals surface area contributed by atoms with Gasteiger partial charge in [-0.1, -0.05) is 0 Å². The Bertz CT molecular complexity index is 1310. The number of pyridine rings is 1. The first-order chi connectivity index (χ1) is 15.1. The fourth-order valence-corrected chi connectivity index (χ4v) is 4.71. The molecule has 154 valence electrons. The number of H-pyrrole nitrogens is 1. The number of hydrogen-bond acceptors (Lipinski definition) is 6. The molecule has 0 bridgehead atoms. The third kappa shape index (κ3) is 2.90. The standard InChI is InChI=1S/C23H18FN5O2/c24-15-3-1-13(2-4-15)18-12-26-20-21(27-18)29-19(28-20)14-5-8-23(9-6-14)17-11-25-10-7-16(17)22(30)31-23/h1-4,7,10-12,14H,5-6,8-9H2,(H,26,27,28,29)/t14-,23-. The van der Waals surface area contributed by atoms with Crippen molar-refractivity contribution < 1.29 is 13.9 Å². The molecule has 1 N–H and O–H groups in total. The highest BCUT2D eigenvalue weighted by atomic mass is 19.1. The van der Waals surface area contributed by atoms with E-state index < -0.39 is 5.60 Å². The van der Waals surface area contributed by atoms with E-state index in [1.165, 1.54) is 12.1 Å². The van der Waals surface area contributed by atoms with Crippen molar-refractivity contribution in [1.29, 1.82) is 0 Å². The van der Waals surface area contributed by atoms with Crippen molar-refractivity contribution in [2.24, 2.45) is 0 Å². The third-order valence-electron chi connectivity index (χ3n) is 6.37. The van der Waals surface area contributed by atoms with Crippen molar-refractivity contribution in [2.45, 2.75) is 37.2 Å². The molecule has 1 fully saturated rings. The lowest BCUT2D eigenvalue weighted by Crippen LogP contribution is -2.31. The Labute approximate surface area is 176 Å². The molecule has 1 saturated carbocycles. The monoisotopic (exact) mass is 415 g/mol. The molecule has 1 aromatic carbocycles. The highest BCUT2D eigenvalue weighted by molar-refractivity contribution is 5.94. The molecular weight excluding hydrogens is 397 g/mol. The summed E-state index contributed by atoms with van der Waals surface area (Å²) in [6, 6.07) is 7.88. The molecule has 1 spiro atoms. The number of fused-ring (bicyclic) bond motifs is 3. The number of aromatic amines is 1. The van der Waals surface area contributed by atoms with E-state index in [0.29, 0.717) is 22.6 Å². The molecule has 31 heavy (non-hydrogen) atoms. The van der Waals surface area contributed by atoms with Gasteiger partial charge in [0.05, 0.1) is 17.5 Å². The molecule has 8 heteroatoms. The maximum Gasteiger partial charge on any atom is 0.339 e. The molecule has 3 aromatic heterocycles. The number of rotatable bonds is 2. The van der Waals surface area contributed by atoms with Crippen molar-refractivity contribution >= 4 is 17.3 Å². The van der Waals surface area contributed by atoms with Crippen LogP contribution in [0.2, 0.25) is 0 Å². The summed E-state index contributed by atoms with van der Waals surface area (Å²) in [6.45, 7) is 0. The Morgan fingerprint density at radius 2 is 1.87 bits per heavy atom. The molecule has 4 aromatic rings. The minimum absolute atomic E-state index is 0.204. The molecule has 6 rings (SSSR count). The summed E-state index contributed by atoms with van der Waals surface area (Å²) in [6.07, 6.45) is 8.14. The van der Waals surface area contributed by atoms with Crippen LogP contribution in [-0.4, -0.2) is 30.9 Å². The number of benzene rings is 1.